The number of amides is 1. The highest BCUT2D eigenvalue weighted by molar-refractivity contribution is 8.00. The summed E-state index contributed by atoms with van der Waals surface area (Å²) in [6, 6.07) is 4.10. The van der Waals surface area contributed by atoms with Crippen molar-refractivity contribution in [1.29, 1.82) is 0 Å². The molecule has 0 aliphatic heterocycles. The third kappa shape index (κ3) is 3.79. The zero-order valence-corrected chi connectivity index (χ0v) is 16.9. The van der Waals surface area contributed by atoms with Crippen molar-refractivity contribution in [3.8, 4) is 0 Å². The van der Waals surface area contributed by atoms with Gasteiger partial charge in [0.15, 0.2) is 5.78 Å². The van der Waals surface area contributed by atoms with Crippen molar-refractivity contribution in [1.82, 2.24) is 9.97 Å². The van der Waals surface area contributed by atoms with Crippen LogP contribution in [0.25, 0.3) is 10.2 Å². The van der Waals surface area contributed by atoms with E-state index in [0.717, 1.165) is 40.6 Å². The number of anilines is 1. The fourth-order valence-electron chi connectivity index (χ4n) is 3.40. The van der Waals surface area contributed by atoms with Crippen molar-refractivity contribution < 1.29 is 14.0 Å². The normalized spacial score (nSPS) is 13.4. The quantitative estimate of drug-likeness (QED) is 0.373. The summed E-state index contributed by atoms with van der Waals surface area (Å²) in [6.07, 6.45) is 5.97. The summed E-state index contributed by atoms with van der Waals surface area (Å²) in [5.41, 5.74) is 1.66. The van der Waals surface area contributed by atoms with Crippen LogP contribution in [0.15, 0.2) is 29.6 Å². The highest BCUT2D eigenvalue weighted by Crippen LogP contribution is 2.39. The highest BCUT2D eigenvalue weighted by Gasteiger charge is 2.21. The minimum absolute atomic E-state index is 0.0132. The van der Waals surface area contributed by atoms with Gasteiger partial charge in [-0.3, -0.25) is 9.59 Å². The molecule has 144 valence electrons. The molecule has 1 amide bonds. The van der Waals surface area contributed by atoms with Gasteiger partial charge in [0.25, 0.3) is 0 Å². The van der Waals surface area contributed by atoms with Crippen molar-refractivity contribution in [3.63, 3.8) is 0 Å². The van der Waals surface area contributed by atoms with Crippen LogP contribution in [0.4, 0.5) is 10.1 Å². The first-order valence-corrected chi connectivity index (χ1v) is 10.8. The topological polar surface area (TPSA) is 72.0 Å². The lowest BCUT2D eigenvalue weighted by atomic mass is 9.97. The third-order valence-corrected chi connectivity index (χ3v) is 6.84. The fraction of sp³-hybridized carbons (Fsp3) is 0.300. The van der Waals surface area contributed by atoms with Gasteiger partial charge in [-0.15, -0.1) is 11.3 Å². The number of Topliss-reactive ketones (excluding diaryl/α,β-unsaturated/α-hetero) is 1. The maximum atomic E-state index is 14.3. The van der Waals surface area contributed by atoms with Gasteiger partial charge >= 0.3 is 0 Å². The van der Waals surface area contributed by atoms with E-state index in [1.54, 1.807) is 11.3 Å². The molecule has 3 aromatic rings. The lowest BCUT2D eigenvalue weighted by Gasteiger charge is -2.11. The number of aromatic nitrogens is 2. The smallest absolute Gasteiger partial charge is 0.221 e. The maximum Gasteiger partial charge on any atom is 0.221 e. The van der Waals surface area contributed by atoms with Crippen molar-refractivity contribution >= 4 is 50.7 Å². The second-order valence-corrected chi connectivity index (χ2v) is 8.71. The van der Waals surface area contributed by atoms with Crippen LogP contribution in [0, 0.1) is 5.82 Å². The molecule has 28 heavy (non-hydrogen) atoms. The number of ketones is 1. The fourth-order valence-corrected chi connectivity index (χ4v) is 5.61. The first-order chi connectivity index (χ1) is 13.5. The Balaban J connectivity index is 1.54. The summed E-state index contributed by atoms with van der Waals surface area (Å²) < 4.78 is 14.3. The number of hydrogen-bond acceptors (Lipinski definition) is 6. The van der Waals surface area contributed by atoms with E-state index in [9.17, 15) is 14.0 Å². The monoisotopic (exact) mass is 415 g/mol. The average molecular weight is 416 g/mol. The molecule has 1 aliphatic carbocycles. The Morgan fingerprint density at radius 3 is 2.86 bits per heavy atom. The molecular weight excluding hydrogens is 397 g/mol. The Bertz CT molecular complexity index is 1080. The average Bonchev–Trinajstić information content (AvgIpc) is 3.05. The molecular formula is C20H18FN3O2S2. The molecule has 1 aromatic carbocycles. The number of hydrogen-bond donors (Lipinski definition) is 1. The highest BCUT2D eigenvalue weighted by atomic mass is 32.2. The van der Waals surface area contributed by atoms with Crippen LogP contribution in [0.5, 0.6) is 0 Å². The van der Waals surface area contributed by atoms with Gasteiger partial charge in [-0.05, 0) is 49.4 Å². The lowest BCUT2D eigenvalue weighted by Crippen LogP contribution is -2.09. The Morgan fingerprint density at radius 1 is 1.25 bits per heavy atom. The molecule has 0 radical (unpaired) electrons. The minimum atomic E-state index is -0.641. The van der Waals surface area contributed by atoms with Crippen LogP contribution in [0.3, 0.4) is 0 Å². The van der Waals surface area contributed by atoms with E-state index >= 15 is 0 Å². The molecule has 0 fully saturated rings. The Morgan fingerprint density at radius 2 is 2.07 bits per heavy atom. The summed E-state index contributed by atoms with van der Waals surface area (Å²) in [6.45, 7) is 1.35. The molecule has 8 heteroatoms. The number of thiophene rings is 1. The second-order valence-electron chi connectivity index (χ2n) is 6.66. The number of nitrogens with one attached hydrogen (secondary N) is 1. The van der Waals surface area contributed by atoms with Crippen LogP contribution in [-0.2, 0) is 17.6 Å². The lowest BCUT2D eigenvalue weighted by molar-refractivity contribution is -0.114. The van der Waals surface area contributed by atoms with Gasteiger partial charge in [0.2, 0.25) is 5.91 Å². The Hall–Kier alpha value is -2.32. The summed E-state index contributed by atoms with van der Waals surface area (Å²) in [5.74, 6) is -1.15. The van der Waals surface area contributed by atoms with Gasteiger partial charge in [0, 0.05) is 22.9 Å². The molecule has 0 saturated heterocycles. The maximum absolute atomic E-state index is 14.3. The van der Waals surface area contributed by atoms with Gasteiger partial charge in [0.1, 0.15) is 22.0 Å². The zero-order chi connectivity index (χ0) is 19.7. The zero-order valence-electron chi connectivity index (χ0n) is 15.3. The van der Waals surface area contributed by atoms with E-state index in [1.165, 1.54) is 54.0 Å². The van der Waals surface area contributed by atoms with Crippen LogP contribution in [0.2, 0.25) is 0 Å². The third-order valence-electron chi connectivity index (χ3n) is 4.65. The molecule has 1 aliphatic rings. The van der Waals surface area contributed by atoms with Crippen LogP contribution < -0.4 is 5.32 Å². The number of nitrogens with zero attached hydrogens (tertiary/aromatic N) is 2. The number of halogens is 1. The molecule has 4 rings (SSSR count). The van der Waals surface area contributed by atoms with Crippen LogP contribution >= 0.6 is 23.1 Å². The Labute approximate surface area is 169 Å². The van der Waals surface area contributed by atoms with Crippen LogP contribution in [0.1, 0.15) is 40.6 Å². The summed E-state index contributed by atoms with van der Waals surface area (Å²) in [7, 11) is 0. The number of carbonyl (C=O) groups excluding carboxylic acids is 2. The molecule has 1 N–H and O–H groups in total. The summed E-state index contributed by atoms with van der Waals surface area (Å²) in [5, 5.41) is 4.35. The molecule has 5 nitrogen and oxygen atoms in total. The van der Waals surface area contributed by atoms with Gasteiger partial charge in [-0.2, -0.15) is 0 Å². The van der Waals surface area contributed by atoms with Crippen molar-refractivity contribution in [3.05, 3.63) is 46.3 Å². The molecule has 0 unspecified atom stereocenters. The number of thioether (sulfide) groups is 1. The predicted octanol–water partition coefficient (Wildman–Crippen LogP) is 4.64. The van der Waals surface area contributed by atoms with Gasteiger partial charge in [0.05, 0.1) is 11.3 Å². The number of rotatable bonds is 5. The minimum Gasteiger partial charge on any atom is -0.326 e. The standard InChI is InChI=1S/C20H18FN3O2S2/c1-11(25)24-12-6-7-13(15(21)8-12)16(26)9-27-19-18-14-4-2-3-5-17(14)28-20(18)23-10-22-19/h6-8,10H,2-5,9H2,1H3,(H,24,25). The van der Waals surface area contributed by atoms with E-state index in [4.69, 9.17) is 0 Å². The van der Waals surface area contributed by atoms with Gasteiger partial charge < -0.3 is 5.32 Å². The molecule has 0 spiro atoms. The number of fused-ring (bicyclic) bond motifs is 3. The van der Waals surface area contributed by atoms with E-state index in [-0.39, 0.29) is 23.0 Å². The summed E-state index contributed by atoms with van der Waals surface area (Å²) >= 11 is 3.03. The second kappa shape index (κ2) is 7.97. The molecule has 0 atom stereocenters. The van der Waals surface area contributed by atoms with Crippen molar-refractivity contribution in [2.45, 2.75) is 37.6 Å². The molecule has 2 aromatic heterocycles. The number of carbonyl (C=O) groups is 2. The van der Waals surface area contributed by atoms with Crippen molar-refractivity contribution in [2.75, 3.05) is 11.1 Å². The molecule has 0 saturated carbocycles. The van der Waals surface area contributed by atoms with E-state index in [1.807, 2.05) is 0 Å². The van der Waals surface area contributed by atoms with E-state index < -0.39 is 5.82 Å². The Kier molecular flexibility index (Phi) is 5.41. The van der Waals surface area contributed by atoms with E-state index in [0.29, 0.717) is 5.69 Å². The van der Waals surface area contributed by atoms with Gasteiger partial charge in [-0.1, -0.05) is 11.8 Å². The first kappa shape index (κ1) is 19.0. The first-order valence-electron chi connectivity index (χ1n) is 9.01. The van der Waals surface area contributed by atoms with E-state index in [2.05, 4.69) is 15.3 Å². The van der Waals surface area contributed by atoms with Gasteiger partial charge in [-0.25, -0.2) is 14.4 Å². The molecule has 0 bridgehead atoms. The van der Waals surface area contributed by atoms with Crippen LogP contribution in [-0.4, -0.2) is 27.4 Å². The van der Waals surface area contributed by atoms with Crippen molar-refractivity contribution in [2.24, 2.45) is 0 Å². The summed E-state index contributed by atoms with van der Waals surface area (Å²) in [4.78, 5) is 34.7. The SMILES string of the molecule is CC(=O)Nc1ccc(C(=O)CSc2ncnc3sc4c(c23)CCCC4)c(F)c1. The largest absolute Gasteiger partial charge is 0.326 e. The number of aryl methyl sites for hydroxylation is 2. The molecule has 2 heterocycles. The predicted molar refractivity (Wildman–Crippen MR) is 110 cm³/mol. The number of benzene rings is 1.